The van der Waals surface area contributed by atoms with Crippen molar-refractivity contribution in [2.75, 3.05) is 18.2 Å². The highest BCUT2D eigenvalue weighted by atomic mass is 32.2. The summed E-state index contributed by atoms with van der Waals surface area (Å²) in [4.78, 5) is 12.4. The standard InChI is InChI=1S/C23H24N4O2S/c1-3-13-27-22(18-14-17(18)16-9-5-4-6-10-16)25-26-23(27)30-15-21(28)24-19-11-7-8-12-20(19)29-2/h3-12,17-18H,1,13-15H2,2H3,(H,24,28). The smallest absolute Gasteiger partial charge is 0.234 e. The van der Waals surface area contributed by atoms with E-state index in [0.29, 0.717) is 29.8 Å². The van der Waals surface area contributed by atoms with Crippen molar-refractivity contribution in [3.05, 3.63) is 78.6 Å². The van der Waals surface area contributed by atoms with Gasteiger partial charge in [-0.25, -0.2) is 0 Å². The molecule has 1 saturated carbocycles. The highest BCUT2D eigenvalue weighted by molar-refractivity contribution is 7.99. The van der Waals surface area contributed by atoms with Crippen molar-refractivity contribution >= 4 is 23.4 Å². The lowest BCUT2D eigenvalue weighted by atomic mass is 10.1. The van der Waals surface area contributed by atoms with Crippen molar-refractivity contribution in [3.8, 4) is 5.75 Å². The van der Waals surface area contributed by atoms with Crippen molar-refractivity contribution in [3.63, 3.8) is 0 Å². The highest BCUT2D eigenvalue weighted by Gasteiger charge is 2.43. The number of nitrogens with one attached hydrogen (secondary N) is 1. The number of hydrogen-bond donors (Lipinski definition) is 1. The van der Waals surface area contributed by atoms with Gasteiger partial charge in [-0.1, -0.05) is 60.3 Å². The van der Waals surface area contributed by atoms with Crippen molar-refractivity contribution in [1.82, 2.24) is 14.8 Å². The Morgan fingerprint density at radius 3 is 2.73 bits per heavy atom. The molecule has 1 aromatic heterocycles. The van der Waals surface area contributed by atoms with E-state index in [4.69, 9.17) is 4.74 Å². The van der Waals surface area contributed by atoms with Crippen LogP contribution in [0, 0.1) is 0 Å². The van der Waals surface area contributed by atoms with E-state index < -0.39 is 0 Å². The summed E-state index contributed by atoms with van der Waals surface area (Å²) in [6.45, 7) is 4.49. The lowest BCUT2D eigenvalue weighted by Crippen LogP contribution is -2.15. The van der Waals surface area contributed by atoms with Gasteiger partial charge in [-0.05, 0) is 30.0 Å². The van der Waals surface area contributed by atoms with Crippen LogP contribution >= 0.6 is 11.8 Å². The van der Waals surface area contributed by atoms with Crippen LogP contribution in [0.1, 0.15) is 29.6 Å². The Kier molecular flexibility index (Phi) is 6.18. The molecular formula is C23H24N4O2S. The molecule has 1 aliphatic rings. The zero-order valence-electron chi connectivity index (χ0n) is 16.8. The maximum atomic E-state index is 12.4. The van der Waals surface area contributed by atoms with Crippen molar-refractivity contribution in [1.29, 1.82) is 0 Å². The van der Waals surface area contributed by atoms with Crippen LogP contribution in [0.3, 0.4) is 0 Å². The number of carbonyl (C=O) groups is 1. The van der Waals surface area contributed by atoms with Gasteiger partial charge in [-0.15, -0.1) is 16.8 Å². The van der Waals surface area contributed by atoms with Crippen molar-refractivity contribution in [2.24, 2.45) is 0 Å². The summed E-state index contributed by atoms with van der Waals surface area (Å²) in [5.74, 6) is 2.56. The van der Waals surface area contributed by atoms with Crippen LogP contribution in [0.5, 0.6) is 5.75 Å². The molecule has 1 fully saturated rings. The zero-order valence-corrected chi connectivity index (χ0v) is 17.6. The third-order valence-corrected chi connectivity index (χ3v) is 6.09. The van der Waals surface area contributed by atoms with Crippen molar-refractivity contribution in [2.45, 2.75) is 30.0 Å². The van der Waals surface area contributed by atoms with Gasteiger partial charge in [0.25, 0.3) is 0 Å². The lowest BCUT2D eigenvalue weighted by Gasteiger charge is -2.10. The van der Waals surface area contributed by atoms with Gasteiger partial charge in [0.2, 0.25) is 5.91 Å². The Labute approximate surface area is 180 Å². The third kappa shape index (κ3) is 4.41. The molecule has 1 N–H and O–H groups in total. The second-order valence-electron chi connectivity index (χ2n) is 7.14. The largest absolute Gasteiger partial charge is 0.495 e. The first-order valence-electron chi connectivity index (χ1n) is 9.86. The molecule has 0 aliphatic heterocycles. The van der Waals surface area contributed by atoms with E-state index in [-0.39, 0.29) is 11.7 Å². The fourth-order valence-corrected chi connectivity index (χ4v) is 4.35. The summed E-state index contributed by atoms with van der Waals surface area (Å²) < 4.78 is 7.36. The summed E-state index contributed by atoms with van der Waals surface area (Å²) in [5.41, 5.74) is 1.99. The first-order valence-corrected chi connectivity index (χ1v) is 10.8. The summed E-state index contributed by atoms with van der Waals surface area (Å²) in [7, 11) is 1.58. The molecule has 3 aromatic rings. The summed E-state index contributed by atoms with van der Waals surface area (Å²) in [6.07, 6.45) is 2.91. The van der Waals surface area contributed by atoms with Crippen LogP contribution in [0.4, 0.5) is 5.69 Å². The monoisotopic (exact) mass is 420 g/mol. The van der Waals surface area contributed by atoms with E-state index in [1.165, 1.54) is 17.3 Å². The molecule has 4 rings (SSSR count). The van der Waals surface area contributed by atoms with E-state index >= 15 is 0 Å². The average Bonchev–Trinajstić information content (AvgIpc) is 3.48. The minimum Gasteiger partial charge on any atom is -0.495 e. The molecule has 1 aliphatic carbocycles. The predicted octanol–water partition coefficient (Wildman–Crippen LogP) is 4.47. The van der Waals surface area contributed by atoms with E-state index in [9.17, 15) is 4.79 Å². The number of nitrogens with zero attached hydrogens (tertiary/aromatic N) is 3. The number of para-hydroxylation sites is 2. The molecule has 6 nitrogen and oxygen atoms in total. The lowest BCUT2D eigenvalue weighted by molar-refractivity contribution is -0.113. The molecule has 2 aromatic carbocycles. The number of rotatable bonds is 9. The second-order valence-corrected chi connectivity index (χ2v) is 8.08. The Morgan fingerprint density at radius 1 is 1.20 bits per heavy atom. The van der Waals surface area contributed by atoms with Crippen LogP contribution in [0.15, 0.2) is 72.4 Å². The van der Waals surface area contributed by atoms with Gasteiger partial charge in [0.15, 0.2) is 5.16 Å². The first kappa shape index (κ1) is 20.2. The van der Waals surface area contributed by atoms with Crippen LogP contribution in [0.2, 0.25) is 0 Å². The number of methoxy groups -OCH3 is 1. The topological polar surface area (TPSA) is 69.0 Å². The zero-order chi connectivity index (χ0) is 20.9. The molecule has 0 spiro atoms. The Morgan fingerprint density at radius 2 is 1.97 bits per heavy atom. The molecule has 7 heteroatoms. The second kappa shape index (κ2) is 9.17. The summed E-state index contributed by atoms with van der Waals surface area (Å²) >= 11 is 1.38. The number of carbonyl (C=O) groups excluding carboxylic acids is 1. The van der Waals surface area contributed by atoms with Gasteiger partial charge in [0.05, 0.1) is 18.6 Å². The maximum Gasteiger partial charge on any atom is 0.234 e. The Balaban J connectivity index is 1.42. The fourth-order valence-electron chi connectivity index (χ4n) is 3.60. The number of benzene rings is 2. The quantitative estimate of drug-likeness (QED) is 0.408. The van der Waals surface area contributed by atoms with Crippen LogP contribution in [-0.4, -0.2) is 33.5 Å². The highest BCUT2D eigenvalue weighted by Crippen LogP contribution is 2.54. The van der Waals surface area contributed by atoms with Gasteiger partial charge in [0.1, 0.15) is 11.6 Å². The minimum absolute atomic E-state index is 0.118. The van der Waals surface area contributed by atoms with Gasteiger partial charge in [-0.3, -0.25) is 4.79 Å². The first-order chi connectivity index (χ1) is 14.7. The number of amides is 1. The predicted molar refractivity (Wildman–Crippen MR) is 119 cm³/mol. The molecule has 0 radical (unpaired) electrons. The van der Waals surface area contributed by atoms with Gasteiger partial charge < -0.3 is 14.6 Å². The number of thioether (sulfide) groups is 1. The maximum absolute atomic E-state index is 12.4. The SMILES string of the molecule is C=CCn1c(SCC(=O)Nc2ccccc2OC)nnc1C1CC1c1ccccc1. The van der Waals surface area contributed by atoms with Crippen LogP contribution < -0.4 is 10.1 Å². The number of anilines is 1. The van der Waals surface area contributed by atoms with E-state index in [1.54, 1.807) is 7.11 Å². The molecule has 2 unspecified atom stereocenters. The molecule has 2 atom stereocenters. The number of allylic oxidation sites excluding steroid dienone is 1. The van der Waals surface area contributed by atoms with Crippen molar-refractivity contribution < 1.29 is 9.53 Å². The third-order valence-electron chi connectivity index (χ3n) is 5.12. The number of ether oxygens (including phenoxy) is 1. The minimum atomic E-state index is -0.118. The van der Waals surface area contributed by atoms with Crippen LogP contribution in [-0.2, 0) is 11.3 Å². The normalized spacial score (nSPS) is 17.4. The number of hydrogen-bond acceptors (Lipinski definition) is 5. The molecule has 0 saturated heterocycles. The summed E-state index contributed by atoms with van der Waals surface area (Å²) in [6, 6.07) is 17.9. The van der Waals surface area contributed by atoms with E-state index in [1.807, 2.05) is 36.4 Å². The molecule has 154 valence electrons. The van der Waals surface area contributed by atoms with Gasteiger partial charge in [-0.2, -0.15) is 0 Å². The Bertz CT molecular complexity index is 1030. The Hall–Kier alpha value is -3.06. The van der Waals surface area contributed by atoms with Gasteiger partial charge in [0, 0.05) is 12.5 Å². The fraction of sp³-hybridized carbons (Fsp3) is 0.261. The molecule has 30 heavy (non-hydrogen) atoms. The van der Waals surface area contributed by atoms with E-state index in [0.717, 1.165) is 17.4 Å². The summed E-state index contributed by atoms with van der Waals surface area (Å²) in [5, 5.41) is 12.4. The molecular weight excluding hydrogens is 396 g/mol. The molecule has 1 amide bonds. The van der Waals surface area contributed by atoms with Gasteiger partial charge >= 0.3 is 0 Å². The van der Waals surface area contributed by atoms with Crippen LogP contribution in [0.25, 0.3) is 0 Å². The molecule has 0 bridgehead atoms. The number of aromatic nitrogens is 3. The average molecular weight is 421 g/mol. The van der Waals surface area contributed by atoms with E-state index in [2.05, 4.69) is 50.9 Å². The molecule has 1 heterocycles.